The fraction of sp³-hybridized carbons (Fsp3) is 0.534. The number of H-pyrrole nitrogens is 1. The number of aromatic hydroxyl groups is 1. The predicted octanol–water partition coefficient (Wildman–Crippen LogP) is -0.668. The molecule has 1 aliphatic heterocycles. The first-order valence-electron chi connectivity index (χ1n) is 30.1. The number of carboxylic acids is 2. The third-order valence-corrected chi connectivity index (χ3v) is 14.3. The van der Waals surface area contributed by atoms with Gasteiger partial charge in [0, 0.05) is 66.5 Å². The van der Waals surface area contributed by atoms with Crippen LogP contribution in [0.5, 0.6) is 5.75 Å². The summed E-state index contributed by atoms with van der Waals surface area (Å²) in [7, 11) is 0. The number of carbonyl (C=O) groups excluding carboxylic acids is 9. The SMILES string of the molecule is [3H]CC([3H])C(=O)NCCCCNC(=O)NC(N)=NCCC[C@H](NC(=O)[C@@H](N)CC(=O)O)C(=O)N[C@H](C(=O)N[C@@H](Cc1ccc(O)cc1)C(=O)N[C@H](C(=O)N[C@@H](Cc1cnc[nH]1)C(=O)N1CCC[C@H]1C(=O)N[C@@H](Cc1ccccc1)C(=O)O)[C@@H](C)CC)C(C)C. The number of nitrogens with one attached hydrogen (secondary N) is 10. The lowest BCUT2D eigenvalue weighted by Crippen LogP contribution is -2.62. The monoisotopic (exact) mass is 1220 g/mol. The van der Waals surface area contributed by atoms with Crippen molar-refractivity contribution in [2.45, 2.75) is 160 Å². The van der Waals surface area contributed by atoms with Gasteiger partial charge >= 0.3 is 18.0 Å². The average Bonchev–Trinajstić information content (AvgIpc) is 2.28. The van der Waals surface area contributed by atoms with E-state index in [0.717, 1.165) is 0 Å². The summed E-state index contributed by atoms with van der Waals surface area (Å²) in [5.74, 6) is -10.8. The molecule has 0 aliphatic carbocycles. The standard InChI is InChI=1S/C58H85N15O14/c1-6-34(5)48(54(83)68-42(29-37-31-61-32-65-37)55(84)73-26-14-18-44(73)52(81)69-43(56(85)86)28-35-15-9-8-10-16-35)71-51(80)41(27-36-19-21-38(74)22-20-36)67-53(82)47(33(3)4)70-50(79)40(66-49(78)39(59)30-46(76)77)17-13-25-63-57(60)72-58(87)64-24-12-11-23-62-45(75)7-2/h8-10,15-16,19-22,31-34,39-44,47-48,74H,6-7,11-14,17-18,23-30,59H2,1-5H3,(H,61,65)(H,62,75)(H,66,78)(H,67,82)(H,68,83)(H,69,81)(H,70,79)(H,71,80)(H,76,77)(H,85,86)(H4,60,63,64,72,87)/t34-,39-,40-,41-,42-,43-,44-,47-,48-/m0/s1/i2T,7T/t7?,34-,39-,40-,41-,42-,43-,44-,47-,48-. The van der Waals surface area contributed by atoms with Crippen molar-refractivity contribution in [1.29, 1.82) is 0 Å². The van der Waals surface area contributed by atoms with E-state index in [4.69, 9.17) is 14.2 Å². The minimum atomic E-state index is -1.59. The zero-order valence-corrected chi connectivity index (χ0v) is 49.3. The maximum absolute atomic E-state index is 14.7. The molecule has 1 aliphatic rings. The van der Waals surface area contributed by atoms with Gasteiger partial charge in [-0.25, -0.2) is 14.6 Å². The maximum atomic E-state index is 14.7. The molecule has 4 rings (SSSR count). The number of nitrogens with zero attached hydrogens (tertiary/aromatic N) is 3. The second-order valence-electron chi connectivity index (χ2n) is 21.4. The summed E-state index contributed by atoms with van der Waals surface area (Å²) in [4.78, 5) is 160. The van der Waals surface area contributed by atoms with Crippen molar-refractivity contribution in [1.82, 2.24) is 62.7 Å². The van der Waals surface area contributed by atoms with Gasteiger partial charge in [-0.1, -0.05) is 83.5 Å². The first kappa shape index (κ1) is 67.0. The quantitative estimate of drug-likeness (QED) is 0.0197. The molecular weight excluding hydrogens is 1130 g/mol. The molecule has 10 atom stereocenters. The van der Waals surface area contributed by atoms with Crippen LogP contribution in [0, 0.1) is 11.8 Å². The summed E-state index contributed by atoms with van der Waals surface area (Å²) in [6, 6.07) is 2.70. The Balaban J connectivity index is 1.52. The number of nitrogens with two attached hydrogens (primary N) is 2. The number of unbranched alkanes of at least 4 members (excludes halogenated alkanes) is 1. The average molecular weight is 1220 g/mol. The molecule has 1 fully saturated rings. The number of phenolic OH excluding ortho intramolecular Hbond substituents is 1. The molecule has 2 heterocycles. The second-order valence-corrected chi connectivity index (χ2v) is 21.4. The Kier molecular flexibility index (Phi) is 27.7. The van der Waals surface area contributed by atoms with Gasteiger partial charge in [-0.15, -0.1) is 0 Å². The summed E-state index contributed by atoms with van der Waals surface area (Å²) in [6.07, 6.45) is 2.17. The van der Waals surface area contributed by atoms with E-state index >= 15 is 0 Å². The highest BCUT2D eigenvalue weighted by Crippen LogP contribution is 2.21. The van der Waals surface area contributed by atoms with Crippen molar-refractivity contribution < 1.29 is 70.8 Å². The number of amides is 10. The molecule has 2 aromatic carbocycles. The van der Waals surface area contributed by atoms with E-state index in [1.54, 1.807) is 58.0 Å². The highest BCUT2D eigenvalue weighted by atomic mass is 16.4. The van der Waals surface area contributed by atoms with Gasteiger partial charge in [0.25, 0.3) is 0 Å². The van der Waals surface area contributed by atoms with E-state index in [0.29, 0.717) is 42.5 Å². The molecule has 87 heavy (non-hydrogen) atoms. The number of carbonyl (C=O) groups is 11. The van der Waals surface area contributed by atoms with Crippen LogP contribution in [0.1, 0.15) is 112 Å². The van der Waals surface area contributed by atoms with Gasteiger partial charge in [-0.3, -0.25) is 53.5 Å². The molecular formula is C58H85N15O14. The van der Waals surface area contributed by atoms with Crippen LogP contribution < -0.4 is 59.3 Å². The van der Waals surface area contributed by atoms with Gasteiger partial charge in [0.05, 0.1) is 18.8 Å². The molecule has 3 aromatic rings. The number of rotatable bonds is 35. The third-order valence-electron chi connectivity index (χ3n) is 14.3. The highest BCUT2D eigenvalue weighted by molar-refractivity contribution is 5.99. The summed E-state index contributed by atoms with van der Waals surface area (Å²) in [5, 5.41) is 52.8. The Morgan fingerprint density at radius 2 is 1.38 bits per heavy atom. The van der Waals surface area contributed by atoms with Crippen molar-refractivity contribution in [3.63, 3.8) is 0 Å². The number of aliphatic carboxylic acids is 2. The normalized spacial score (nSPS) is 16.5. The number of aromatic amines is 1. The van der Waals surface area contributed by atoms with E-state index in [1.165, 1.54) is 41.7 Å². The van der Waals surface area contributed by atoms with Crippen LogP contribution >= 0.6 is 0 Å². The number of benzene rings is 2. The number of imidazole rings is 1. The van der Waals surface area contributed by atoms with E-state index in [-0.39, 0.29) is 83.3 Å². The summed E-state index contributed by atoms with van der Waals surface area (Å²) in [6.45, 7) is 6.70. The van der Waals surface area contributed by atoms with E-state index in [9.17, 15) is 68.1 Å². The van der Waals surface area contributed by atoms with Gasteiger partial charge in [0.1, 0.15) is 48.0 Å². The molecule has 10 amide bonds. The molecule has 29 heteroatoms. The number of likely N-dealkylation sites (tertiary alicyclic amines) is 1. The Morgan fingerprint density at radius 3 is 2.01 bits per heavy atom. The van der Waals surface area contributed by atoms with E-state index in [1.807, 2.05) is 0 Å². The second kappa shape index (κ2) is 36.0. The highest BCUT2D eigenvalue weighted by Gasteiger charge is 2.41. The number of urea groups is 1. The van der Waals surface area contributed by atoms with Crippen LogP contribution in [0.15, 0.2) is 72.1 Å². The number of carboxylic acid groups (broad SMARTS) is 2. The minimum Gasteiger partial charge on any atom is -0.508 e. The van der Waals surface area contributed by atoms with Crippen LogP contribution in [-0.2, 0) is 67.2 Å². The van der Waals surface area contributed by atoms with E-state index < -0.39 is 138 Å². The molecule has 1 unspecified atom stereocenters. The Morgan fingerprint density at radius 1 is 0.759 bits per heavy atom. The lowest BCUT2D eigenvalue weighted by molar-refractivity contribution is -0.145. The lowest BCUT2D eigenvalue weighted by Gasteiger charge is -2.32. The number of guanidine groups is 1. The molecule has 0 saturated carbocycles. The molecule has 0 spiro atoms. The molecule has 17 N–H and O–H groups in total. The fourth-order valence-electron chi connectivity index (χ4n) is 9.24. The number of aliphatic imine (C=N–C) groups is 1. The molecule has 1 saturated heterocycles. The van der Waals surface area contributed by atoms with Crippen LogP contribution in [0.2, 0.25) is 0 Å². The molecule has 0 radical (unpaired) electrons. The summed E-state index contributed by atoms with van der Waals surface area (Å²) in [5.41, 5.74) is 13.3. The minimum absolute atomic E-state index is 0.0191. The molecule has 476 valence electrons. The van der Waals surface area contributed by atoms with Crippen molar-refractivity contribution in [2.75, 3.05) is 26.2 Å². The van der Waals surface area contributed by atoms with Crippen molar-refractivity contribution >= 4 is 71.2 Å². The van der Waals surface area contributed by atoms with Gasteiger partial charge in [0.15, 0.2) is 5.96 Å². The zero-order chi connectivity index (χ0) is 65.7. The number of hydrogen-bond donors (Lipinski definition) is 15. The topological polar surface area (TPSA) is 453 Å². The lowest BCUT2D eigenvalue weighted by atomic mass is 9.96. The largest absolute Gasteiger partial charge is 0.508 e. The van der Waals surface area contributed by atoms with Crippen LogP contribution in [-0.4, -0.2) is 176 Å². The smallest absolute Gasteiger partial charge is 0.326 e. The molecule has 0 bridgehead atoms. The van der Waals surface area contributed by atoms with Crippen molar-refractivity contribution in [3.8, 4) is 5.75 Å². The number of aromatic nitrogens is 2. The third kappa shape index (κ3) is 24.0. The Hall–Kier alpha value is -9.15. The number of phenols is 1. The van der Waals surface area contributed by atoms with Crippen LogP contribution in [0.3, 0.4) is 0 Å². The summed E-state index contributed by atoms with van der Waals surface area (Å²) >= 11 is 0. The van der Waals surface area contributed by atoms with Crippen LogP contribution in [0.25, 0.3) is 0 Å². The van der Waals surface area contributed by atoms with Crippen LogP contribution in [0.4, 0.5) is 4.79 Å². The number of hydrogen-bond acceptors (Lipinski definition) is 15. The Labute approximate surface area is 507 Å². The van der Waals surface area contributed by atoms with Crippen molar-refractivity contribution in [3.05, 3.63) is 83.9 Å². The predicted molar refractivity (Wildman–Crippen MR) is 318 cm³/mol. The Bertz CT molecular complexity index is 2890. The van der Waals surface area contributed by atoms with E-state index in [2.05, 4.69) is 62.8 Å². The van der Waals surface area contributed by atoms with Crippen molar-refractivity contribution in [2.24, 2.45) is 28.3 Å². The first-order chi connectivity index (χ1) is 42.3. The molecule has 29 nitrogen and oxygen atoms in total. The van der Waals surface area contributed by atoms with Gasteiger partial charge in [-0.2, -0.15) is 0 Å². The van der Waals surface area contributed by atoms with Gasteiger partial charge in [0.2, 0.25) is 47.3 Å². The summed E-state index contributed by atoms with van der Waals surface area (Å²) < 4.78 is 14.6. The fourth-order valence-corrected chi connectivity index (χ4v) is 9.24. The molecule has 1 aromatic heterocycles. The maximum Gasteiger partial charge on any atom is 0.326 e. The van der Waals surface area contributed by atoms with Gasteiger partial charge < -0.3 is 79.2 Å². The van der Waals surface area contributed by atoms with Gasteiger partial charge in [-0.05, 0) is 73.6 Å². The zero-order valence-electron chi connectivity index (χ0n) is 51.3. The first-order valence-corrected chi connectivity index (χ1v) is 28.8.